The Bertz CT molecular complexity index is 474. The summed E-state index contributed by atoms with van der Waals surface area (Å²) in [5, 5.41) is 11.3. The van der Waals surface area contributed by atoms with Crippen LogP contribution in [0.2, 0.25) is 5.02 Å². The van der Waals surface area contributed by atoms with Crippen molar-refractivity contribution in [2.45, 2.75) is 25.8 Å². The van der Waals surface area contributed by atoms with Crippen LogP contribution >= 0.6 is 22.9 Å². The number of carbonyl (C=O) groups is 2. The van der Waals surface area contributed by atoms with E-state index in [0.717, 1.165) is 6.42 Å². The normalized spacial score (nSPS) is 24.0. The highest BCUT2D eigenvalue weighted by Gasteiger charge is 2.35. The fraction of sp³-hybridized carbons (Fsp3) is 0.500. The van der Waals surface area contributed by atoms with Crippen LogP contribution < -0.4 is 0 Å². The highest BCUT2D eigenvalue weighted by molar-refractivity contribution is 7.12. The van der Waals surface area contributed by atoms with Crippen LogP contribution in [0.15, 0.2) is 11.4 Å². The standard InChI is InChI=1S/C12H14ClNO3S/c1-7-2-3-9(12(16)17)14(6-7)11(15)10-8(13)4-5-18-10/h4-5,7,9H,2-3,6H2,1H3,(H,16,17). The number of hydrogen-bond acceptors (Lipinski definition) is 3. The lowest BCUT2D eigenvalue weighted by molar-refractivity contribution is -0.143. The summed E-state index contributed by atoms with van der Waals surface area (Å²) in [5.74, 6) is -0.889. The Balaban J connectivity index is 2.25. The van der Waals surface area contributed by atoms with Gasteiger partial charge in [-0.3, -0.25) is 4.79 Å². The summed E-state index contributed by atoms with van der Waals surface area (Å²) < 4.78 is 0. The van der Waals surface area contributed by atoms with Gasteiger partial charge in [0.1, 0.15) is 10.9 Å². The molecule has 1 saturated heterocycles. The van der Waals surface area contributed by atoms with Gasteiger partial charge in [-0.2, -0.15) is 0 Å². The first-order valence-corrected chi connectivity index (χ1v) is 7.03. The second kappa shape index (κ2) is 5.28. The van der Waals surface area contributed by atoms with Crippen molar-refractivity contribution >= 4 is 34.8 Å². The first-order valence-electron chi connectivity index (χ1n) is 5.77. The third-order valence-electron chi connectivity index (χ3n) is 3.17. The van der Waals surface area contributed by atoms with E-state index in [1.807, 2.05) is 6.92 Å². The number of carbonyl (C=O) groups excluding carboxylic acids is 1. The largest absolute Gasteiger partial charge is 0.480 e. The van der Waals surface area contributed by atoms with Crippen LogP contribution in [0.3, 0.4) is 0 Å². The van der Waals surface area contributed by atoms with Crippen molar-refractivity contribution in [3.05, 3.63) is 21.3 Å². The molecule has 0 radical (unpaired) electrons. The molecule has 98 valence electrons. The van der Waals surface area contributed by atoms with E-state index in [1.54, 1.807) is 11.4 Å². The molecule has 4 nitrogen and oxygen atoms in total. The van der Waals surface area contributed by atoms with Crippen LogP contribution in [0.25, 0.3) is 0 Å². The van der Waals surface area contributed by atoms with E-state index < -0.39 is 12.0 Å². The number of nitrogens with zero attached hydrogens (tertiary/aromatic N) is 1. The van der Waals surface area contributed by atoms with Crippen LogP contribution in [-0.4, -0.2) is 34.5 Å². The number of rotatable bonds is 2. The Morgan fingerprint density at radius 3 is 2.78 bits per heavy atom. The number of carboxylic acid groups (broad SMARTS) is 1. The third-order valence-corrected chi connectivity index (χ3v) is 4.50. The zero-order chi connectivity index (χ0) is 13.3. The maximum absolute atomic E-state index is 12.3. The summed E-state index contributed by atoms with van der Waals surface area (Å²) in [5.41, 5.74) is 0. The van der Waals surface area contributed by atoms with Gasteiger partial charge in [-0.1, -0.05) is 18.5 Å². The van der Waals surface area contributed by atoms with Gasteiger partial charge in [0, 0.05) is 6.54 Å². The molecule has 0 aromatic carbocycles. The van der Waals surface area contributed by atoms with Gasteiger partial charge in [0.15, 0.2) is 0 Å². The average molecular weight is 288 g/mol. The fourth-order valence-electron chi connectivity index (χ4n) is 2.21. The minimum atomic E-state index is -0.942. The SMILES string of the molecule is CC1CCC(C(=O)O)N(C(=O)c2sccc2Cl)C1. The van der Waals surface area contributed by atoms with Gasteiger partial charge in [-0.05, 0) is 30.2 Å². The second-order valence-corrected chi connectivity index (χ2v) is 5.92. The van der Waals surface area contributed by atoms with Crippen molar-refractivity contribution in [3.8, 4) is 0 Å². The number of thiophene rings is 1. The molecule has 1 aliphatic rings. The molecule has 2 unspecified atom stereocenters. The Morgan fingerprint density at radius 1 is 1.50 bits per heavy atom. The summed E-state index contributed by atoms with van der Waals surface area (Å²) in [7, 11) is 0. The van der Waals surface area contributed by atoms with Crippen molar-refractivity contribution in [3.63, 3.8) is 0 Å². The zero-order valence-electron chi connectivity index (χ0n) is 9.93. The molecule has 2 heterocycles. The zero-order valence-corrected chi connectivity index (χ0v) is 11.5. The van der Waals surface area contributed by atoms with Gasteiger partial charge in [0.25, 0.3) is 5.91 Å². The lowest BCUT2D eigenvalue weighted by atomic mass is 9.94. The Hall–Kier alpha value is -1.07. The molecule has 2 rings (SSSR count). The smallest absolute Gasteiger partial charge is 0.326 e. The molecule has 6 heteroatoms. The minimum Gasteiger partial charge on any atom is -0.480 e. The molecule has 18 heavy (non-hydrogen) atoms. The van der Waals surface area contributed by atoms with Gasteiger partial charge in [-0.15, -0.1) is 11.3 Å². The van der Waals surface area contributed by atoms with Crippen LogP contribution in [0.1, 0.15) is 29.4 Å². The van der Waals surface area contributed by atoms with Crippen molar-refractivity contribution < 1.29 is 14.7 Å². The van der Waals surface area contributed by atoms with E-state index in [2.05, 4.69) is 0 Å². The van der Waals surface area contributed by atoms with Gasteiger partial charge in [0.2, 0.25) is 0 Å². The predicted molar refractivity (Wildman–Crippen MR) is 70.2 cm³/mol. The van der Waals surface area contributed by atoms with Crippen LogP contribution in [0.5, 0.6) is 0 Å². The molecule has 0 spiro atoms. The van der Waals surface area contributed by atoms with E-state index in [0.29, 0.717) is 28.8 Å². The van der Waals surface area contributed by atoms with Gasteiger partial charge < -0.3 is 10.0 Å². The van der Waals surface area contributed by atoms with Crippen LogP contribution in [-0.2, 0) is 4.79 Å². The van der Waals surface area contributed by atoms with E-state index >= 15 is 0 Å². The number of amides is 1. The molecular weight excluding hydrogens is 274 g/mol. The molecule has 1 fully saturated rings. The minimum absolute atomic E-state index is 0.269. The maximum atomic E-state index is 12.3. The van der Waals surface area contributed by atoms with E-state index in [9.17, 15) is 14.7 Å². The first kappa shape index (κ1) is 13.4. The molecule has 1 N–H and O–H groups in total. The Labute approximate surface area is 114 Å². The summed E-state index contributed by atoms with van der Waals surface area (Å²) in [4.78, 5) is 25.4. The number of aliphatic carboxylic acids is 1. The molecule has 2 atom stereocenters. The van der Waals surface area contributed by atoms with E-state index in [-0.39, 0.29) is 5.91 Å². The van der Waals surface area contributed by atoms with Gasteiger partial charge >= 0.3 is 5.97 Å². The number of likely N-dealkylation sites (tertiary alicyclic amines) is 1. The molecule has 1 aromatic heterocycles. The number of piperidine rings is 1. The highest BCUT2D eigenvalue weighted by atomic mass is 35.5. The molecule has 0 aliphatic carbocycles. The predicted octanol–water partition coefficient (Wildman–Crippen LogP) is 2.73. The van der Waals surface area contributed by atoms with Crippen LogP contribution in [0.4, 0.5) is 0 Å². The second-order valence-electron chi connectivity index (χ2n) is 4.59. The molecule has 1 aliphatic heterocycles. The molecular formula is C12H14ClNO3S. The summed E-state index contributed by atoms with van der Waals surface area (Å²) in [6, 6.07) is 0.926. The van der Waals surface area contributed by atoms with E-state index in [4.69, 9.17) is 11.6 Å². The summed E-state index contributed by atoms with van der Waals surface area (Å²) >= 11 is 7.18. The lowest BCUT2D eigenvalue weighted by Gasteiger charge is -2.36. The molecule has 0 bridgehead atoms. The van der Waals surface area contributed by atoms with Gasteiger partial charge in [-0.25, -0.2) is 4.79 Å². The lowest BCUT2D eigenvalue weighted by Crippen LogP contribution is -2.50. The number of hydrogen-bond donors (Lipinski definition) is 1. The topological polar surface area (TPSA) is 57.6 Å². The number of carboxylic acids is 1. The van der Waals surface area contributed by atoms with Crippen molar-refractivity contribution in [2.24, 2.45) is 5.92 Å². The Kier molecular flexibility index (Phi) is 3.92. The third kappa shape index (κ3) is 2.52. The molecule has 0 saturated carbocycles. The highest BCUT2D eigenvalue weighted by Crippen LogP contribution is 2.28. The number of halogens is 1. The van der Waals surface area contributed by atoms with Crippen LogP contribution in [0, 0.1) is 5.92 Å². The first-order chi connectivity index (χ1) is 8.50. The molecule has 1 aromatic rings. The molecule has 1 amide bonds. The van der Waals surface area contributed by atoms with Crippen molar-refractivity contribution in [1.29, 1.82) is 0 Å². The quantitative estimate of drug-likeness (QED) is 0.910. The van der Waals surface area contributed by atoms with Gasteiger partial charge in [0.05, 0.1) is 5.02 Å². The summed E-state index contributed by atoms with van der Waals surface area (Å²) in [6.07, 6.45) is 1.34. The van der Waals surface area contributed by atoms with E-state index in [1.165, 1.54) is 16.2 Å². The fourth-order valence-corrected chi connectivity index (χ4v) is 3.30. The van der Waals surface area contributed by atoms with Crippen molar-refractivity contribution in [1.82, 2.24) is 4.90 Å². The summed E-state index contributed by atoms with van der Waals surface area (Å²) in [6.45, 7) is 2.50. The average Bonchev–Trinajstić information content (AvgIpc) is 2.74. The van der Waals surface area contributed by atoms with Crippen molar-refractivity contribution in [2.75, 3.05) is 6.54 Å². The monoisotopic (exact) mass is 287 g/mol. The Morgan fingerprint density at radius 2 is 2.22 bits per heavy atom. The maximum Gasteiger partial charge on any atom is 0.326 e.